The maximum atomic E-state index is 13.6. The summed E-state index contributed by atoms with van der Waals surface area (Å²) in [6, 6.07) is 5.47. The van der Waals surface area contributed by atoms with Gasteiger partial charge in [-0.05, 0) is 80.4 Å². The van der Waals surface area contributed by atoms with Crippen molar-refractivity contribution in [2.24, 2.45) is 47.3 Å². The van der Waals surface area contributed by atoms with E-state index in [-0.39, 0.29) is 35.5 Å². The number of carbonyl (C=O) groups is 2. The molecule has 4 atom stereocenters. The highest BCUT2D eigenvalue weighted by Crippen LogP contribution is 2.64. The molecule has 6 fully saturated rings. The van der Waals surface area contributed by atoms with E-state index >= 15 is 0 Å². The fourth-order valence-corrected chi connectivity index (χ4v) is 8.54. The summed E-state index contributed by atoms with van der Waals surface area (Å²) in [6.45, 7) is 1.94. The van der Waals surface area contributed by atoms with Gasteiger partial charge in [-0.3, -0.25) is 9.59 Å². The van der Waals surface area contributed by atoms with Crippen LogP contribution in [0.2, 0.25) is 5.02 Å². The molecule has 1 heterocycles. The Hall–Kier alpha value is -1.87. The third kappa shape index (κ3) is 2.12. The second-order valence-corrected chi connectivity index (χ2v) is 11.1. The molecule has 30 heavy (non-hydrogen) atoms. The lowest BCUT2D eigenvalue weighted by molar-refractivity contribution is -0.123. The predicted molar refractivity (Wildman–Crippen MR) is 116 cm³/mol. The van der Waals surface area contributed by atoms with Crippen LogP contribution in [0.25, 0.3) is 0 Å². The molecule has 0 N–H and O–H groups in total. The fraction of sp³-hybridized carbons (Fsp3) is 0.538. The van der Waals surface area contributed by atoms with Gasteiger partial charge in [-0.15, -0.1) is 0 Å². The van der Waals surface area contributed by atoms with E-state index in [2.05, 4.69) is 12.2 Å². The van der Waals surface area contributed by atoms with Crippen molar-refractivity contribution in [3.05, 3.63) is 52.1 Å². The zero-order valence-corrected chi connectivity index (χ0v) is 17.9. The number of allylic oxidation sites excluding steroid dienone is 4. The molecule has 3 nitrogen and oxygen atoms in total. The van der Waals surface area contributed by atoms with Gasteiger partial charge in [0.1, 0.15) is 0 Å². The minimum Gasteiger partial charge on any atom is -0.274 e. The second kappa shape index (κ2) is 5.88. The van der Waals surface area contributed by atoms with Crippen molar-refractivity contribution in [2.75, 3.05) is 4.90 Å². The number of carbonyl (C=O) groups excluding carboxylic acids is 2. The highest BCUT2D eigenvalue weighted by Gasteiger charge is 2.63. The minimum atomic E-state index is -0.217. The first-order valence-corrected chi connectivity index (χ1v) is 11.9. The second-order valence-electron chi connectivity index (χ2n) is 10.6. The first-order chi connectivity index (χ1) is 14.5. The van der Waals surface area contributed by atoms with Gasteiger partial charge >= 0.3 is 0 Å². The average Bonchev–Trinajstić information content (AvgIpc) is 3.33. The zero-order valence-electron chi connectivity index (χ0n) is 17.2. The quantitative estimate of drug-likeness (QED) is 0.456. The molecule has 6 bridgehead atoms. The van der Waals surface area contributed by atoms with Crippen LogP contribution in [0.4, 0.5) is 5.69 Å². The SMILES string of the molecule is Cc1ccc(Cl)cc1N1C(=O)[C@@H]2[C@H](C1=O)[C@@H]1C=C[C@@H]2C1=C1C2CC3CC(C2)CC1C3. The van der Waals surface area contributed by atoms with Crippen molar-refractivity contribution >= 4 is 29.1 Å². The van der Waals surface area contributed by atoms with Crippen molar-refractivity contribution in [3.63, 3.8) is 0 Å². The lowest BCUT2D eigenvalue weighted by Gasteiger charge is -2.52. The summed E-state index contributed by atoms with van der Waals surface area (Å²) in [5.74, 6) is 3.08. The number of fused-ring (bicyclic) bond motifs is 5. The fourth-order valence-electron chi connectivity index (χ4n) is 8.37. The lowest BCUT2D eigenvalue weighted by atomic mass is 9.53. The Morgan fingerprint density at radius 1 is 0.833 bits per heavy atom. The van der Waals surface area contributed by atoms with Gasteiger partial charge in [0.15, 0.2) is 0 Å². The Kier molecular flexibility index (Phi) is 3.48. The molecule has 6 aliphatic carbocycles. The molecule has 4 heteroatoms. The molecule has 154 valence electrons. The van der Waals surface area contributed by atoms with Crippen molar-refractivity contribution in [1.82, 2.24) is 0 Å². The first kappa shape index (κ1) is 17.8. The molecule has 0 aromatic heterocycles. The zero-order chi connectivity index (χ0) is 20.3. The Morgan fingerprint density at radius 2 is 1.40 bits per heavy atom. The minimum absolute atomic E-state index is 0.0193. The lowest BCUT2D eigenvalue weighted by Crippen LogP contribution is -2.41. The molecular weight excluding hydrogens is 394 g/mol. The van der Waals surface area contributed by atoms with Crippen LogP contribution in [-0.2, 0) is 9.59 Å². The van der Waals surface area contributed by atoms with E-state index in [4.69, 9.17) is 11.6 Å². The van der Waals surface area contributed by atoms with Gasteiger partial charge in [-0.2, -0.15) is 0 Å². The average molecular weight is 420 g/mol. The summed E-state index contributed by atoms with van der Waals surface area (Å²) in [6.07, 6.45) is 11.3. The molecule has 1 aromatic carbocycles. The van der Waals surface area contributed by atoms with Crippen LogP contribution in [-0.4, -0.2) is 11.8 Å². The Bertz CT molecular complexity index is 1000. The summed E-state index contributed by atoms with van der Waals surface area (Å²) in [5, 5.41) is 0.561. The van der Waals surface area contributed by atoms with Gasteiger partial charge in [-0.25, -0.2) is 4.90 Å². The Labute approximate surface area is 182 Å². The summed E-state index contributed by atoms with van der Waals surface area (Å²) in [7, 11) is 0. The normalized spacial score (nSPS) is 42.8. The third-order valence-electron chi connectivity index (χ3n) is 9.18. The largest absolute Gasteiger partial charge is 0.274 e. The molecule has 5 saturated carbocycles. The molecule has 1 aliphatic heterocycles. The molecule has 0 spiro atoms. The van der Waals surface area contributed by atoms with Crippen molar-refractivity contribution in [3.8, 4) is 0 Å². The number of nitrogens with zero attached hydrogens (tertiary/aromatic N) is 1. The van der Waals surface area contributed by atoms with Crippen molar-refractivity contribution in [1.29, 1.82) is 0 Å². The van der Waals surface area contributed by atoms with Crippen LogP contribution >= 0.6 is 11.6 Å². The smallest absolute Gasteiger partial charge is 0.238 e. The summed E-state index contributed by atoms with van der Waals surface area (Å²) >= 11 is 6.21. The number of hydrogen-bond acceptors (Lipinski definition) is 2. The predicted octanol–water partition coefficient (Wildman–Crippen LogP) is 5.32. The first-order valence-electron chi connectivity index (χ1n) is 11.6. The third-order valence-corrected chi connectivity index (χ3v) is 9.41. The van der Waals surface area contributed by atoms with Gasteiger partial charge in [-0.1, -0.05) is 41.0 Å². The molecular formula is C26H26ClNO2. The molecule has 2 amide bonds. The molecule has 1 saturated heterocycles. The van der Waals surface area contributed by atoms with Gasteiger partial charge in [0.2, 0.25) is 11.8 Å². The van der Waals surface area contributed by atoms with E-state index < -0.39 is 0 Å². The number of aryl methyl sites for hydroxylation is 1. The van der Waals surface area contributed by atoms with Crippen molar-refractivity contribution < 1.29 is 9.59 Å². The number of halogens is 1. The van der Waals surface area contributed by atoms with E-state index in [1.807, 2.05) is 19.1 Å². The standard InChI is InChI=1S/C26H26ClNO2/c1-12-2-3-17(27)11-20(12)28-25(29)23-18-4-5-19(24(23)26(28)30)22(18)21-15-7-13-6-14(9-15)10-16(21)8-13/h2-5,11,13-16,18-19,23-24H,6-10H2,1H3/t13?,14?,15?,16?,18-,19-,23-,24+/m1/s1. The monoisotopic (exact) mass is 419 g/mol. The van der Waals surface area contributed by atoms with Gasteiger partial charge in [0.05, 0.1) is 17.5 Å². The van der Waals surface area contributed by atoms with E-state index in [1.54, 1.807) is 11.6 Å². The maximum Gasteiger partial charge on any atom is 0.238 e. The van der Waals surface area contributed by atoms with Gasteiger partial charge in [0.25, 0.3) is 0 Å². The highest BCUT2D eigenvalue weighted by atomic mass is 35.5. The topological polar surface area (TPSA) is 37.4 Å². The highest BCUT2D eigenvalue weighted by molar-refractivity contribution is 6.31. The number of rotatable bonds is 1. The Balaban J connectivity index is 1.30. The van der Waals surface area contributed by atoms with Crippen LogP contribution in [0, 0.1) is 54.3 Å². The number of amides is 2. The molecule has 0 radical (unpaired) electrons. The van der Waals surface area contributed by atoms with E-state index in [0.717, 1.165) is 29.2 Å². The van der Waals surface area contributed by atoms with Crippen molar-refractivity contribution in [2.45, 2.75) is 39.0 Å². The number of imide groups is 1. The van der Waals surface area contributed by atoms with Gasteiger partial charge < -0.3 is 0 Å². The number of anilines is 1. The molecule has 0 unspecified atom stereocenters. The summed E-state index contributed by atoms with van der Waals surface area (Å²) in [4.78, 5) is 28.6. The summed E-state index contributed by atoms with van der Waals surface area (Å²) < 4.78 is 0. The maximum absolute atomic E-state index is 13.6. The van der Waals surface area contributed by atoms with Gasteiger partial charge in [0, 0.05) is 16.9 Å². The van der Waals surface area contributed by atoms with Crippen LogP contribution in [0.15, 0.2) is 41.5 Å². The van der Waals surface area contributed by atoms with Crippen LogP contribution in [0.3, 0.4) is 0 Å². The number of hydrogen-bond donors (Lipinski definition) is 0. The number of benzene rings is 1. The molecule has 8 rings (SSSR count). The molecule has 7 aliphatic rings. The van der Waals surface area contributed by atoms with E-state index in [1.165, 1.54) is 42.6 Å². The van der Waals surface area contributed by atoms with Crippen LogP contribution < -0.4 is 4.90 Å². The van der Waals surface area contributed by atoms with Crippen LogP contribution in [0.5, 0.6) is 0 Å². The van der Waals surface area contributed by atoms with E-state index in [0.29, 0.717) is 10.7 Å². The summed E-state index contributed by atoms with van der Waals surface area (Å²) in [5.41, 5.74) is 4.75. The van der Waals surface area contributed by atoms with E-state index in [9.17, 15) is 9.59 Å². The van der Waals surface area contributed by atoms with Crippen LogP contribution in [0.1, 0.15) is 37.7 Å². The molecule has 1 aromatic rings. The Morgan fingerprint density at radius 3 is 1.97 bits per heavy atom.